The van der Waals surface area contributed by atoms with E-state index in [2.05, 4.69) is 31.2 Å². The van der Waals surface area contributed by atoms with E-state index in [9.17, 15) is 0 Å². The Morgan fingerprint density at radius 2 is 1.29 bits per heavy atom. The van der Waals surface area contributed by atoms with Crippen LogP contribution >= 0.6 is 0 Å². The van der Waals surface area contributed by atoms with Crippen LogP contribution in [0.3, 0.4) is 0 Å². The molecule has 0 aliphatic heterocycles. The van der Waals surface area contributed by atoms with Crippen molar-refractivity contribution in [3.63, 3.8) is 0 Å². The summed E-state index contributed by atoms with van der Waals surface area (Å²) in [5, 5.41) is 0. The maximum absolute atomic E-state index is 5.89. The molecule has 2 fully saturated rings. The average Bonchev–Trinajstić information content (AvgIpc) is 2.64. The minimum absolute atomic E-state index is 0.890. The second-order valence-electron chi connectivity index (χ2n) is 8.30. The predicted octanol–water partition coefficient (Wildman–Crippen LogP) is 6.87. The second kappa shape index (κ2) is 9.49. The lowest BCUT2D eigenvalue weighted by atomic mass is 9.68. The fourth-order valence-electron chi connectivity index (χ4n) is 5.17. The van der Waals surface area contributed by atoms with Gasteiger partial charge in [-0.2, -0.15) is 0 Å². The summed E-state index contributed by atoms with van der Waals surface area (Å²) in [6.45, 7) is 3.23. The van der Waals surface area contributed by atoms with Crippen molar-refractivity contribution < 1.29 is 4.74 Å². The molecular formula is C23H36O. The molecule has 0 N–H and O–H groups in total. The van der Waals surface area contributed by atoms with Crippen molar-refractivity contribution in [1.29, 1.82) is 0 Å². The molecular weight excluding hydrogens is 292 g/mol. The lowest BCUT2D eigenvalue weighted by molar-refractivity contribution is 0.134. The lowest BCUT2D eigenvalue weighted by Gasteiger charge is -2.38. The lowest BCUT2D eigenvalue weighted by Crippen LogP contribution is -2.26. The van der Waals surface area contributed by atoms with E-state index in [1.807, 2.05) is 6.07 Å². The van der Waals surface area contributed by atoms with Crippen LogP contribution in [-0.2, 0) is 0 Å². The van der Waals surface area contributed by atoms with Crippen molar-refractivity contribution in [2.24, 2.45) is 23.7 Å². The number of rotatable bonds is 7. The highest BCUT2D eigenvalue weighted by Gasteiger charge is 2.30. The topological polar surface area (TPSA) is 9.23 Å². The van der Waals surface area contributed by atoms with Gasteiger partial charge in [-0.1, -0.05) is 63.6 Å². The summed E-state index contributed by atoms with van der Waals surface area (Å²) in [6, 6.07) is 10.3. The van der Waals surface area contributed by atoms with Crippen molar-refractivity contribution in [2.45, 2.75) is 77.6 Å². The molecule has 0 bridgehead atoms. The molecule has 2 saturated carbocycles. The Hall–Kier alpha value is -0.980. The predicted molar refractivity (Wildman–Crippen MR) is 102 cm³/mol. The molecule has 0 spiro atoms. The fourth-order valence-corrected chi connectivity index (χ4v) is 5.17. The van der Waals surface area contributed by atoms with Crippen LogP contribution in [0.15, 0.2) is 30.3 Å². The Labute approximate surface area is 149 Å². The Balaban J connectivity index is 1.31. The van der Waals surface area contributed by atoms with E-state index >= 15 is 0 Å². The van der Waals surface area contributed by atoms with Crippen LogP contribution in [0.25, 0.3) is 0 Å². The fraction of sp³-hybridized carbons (Fsp3) is 0.739. The number of para-hydroxylation sites is 1. The Bertz CT molecular complexity index is 438. The van der Waals surface area contributed by atoms with Crippen molar-refractivity contribution in [1.82, 2.24) is 0 Å². The van der Waals surface area contributed by atoms with Gasteiger partial charge >= 0.3 is 0 Å². The van der Waals surface area contributed by atoms with Gasteiger partial charge in [-0.3, -0.25) is 0 Å². The molecule has 0 amide bonds. The molecule has 0 atom stereocenters. The van der Waals surface area contributed by atoms with Crippen LogP contribution < -0.4 is 4.74 Å². The van der Waals surface area contributed by atoms with E-state index in [1.165, 1.54) is 70.6 Å². The van der Waals surface area contributed by atoms with E-state index in [0.29, 0.717) is 0 Å². The summed E-state index contributed by atoms with van der Waals surface area (Å²) in [5.41, 5.74) is 0. The summed E-state index contributed by atoms with van der Waals surface area (Å²) in [7, 11) is 0. The average molecular weight is 329 g/mol. The minimum Gasteiger partial charge on any atom is -0.494 e. The molecule has 3 rings (SSSR count). The second-order valence-corrected chi connectivity index (χ2v) is 8.30. The van der Waals surface area contributed by atoms with Crippen LogP contribution in [0.5, 0.6) is 5.75 Å². The van der Waals surface area contributed by atoms with Gasteiger partial charge in [0.05, 0.1) is 6.61 Å². The number of ether oxygens (including phenoxy) is 1. The number of hydrogen-bond acceptors (Lipinski definition) is 1. The summed E-state index contributed by atoms with van der Waals surface area (Å²) in [6.07, 6.45) is 16.0. The Morgan fingerprint density at radius 3 is 1.83 bits per heavy atom. The van der Waals surface area contributed by atoms with Gasteiger partial charge in [-0.05, 0) is 67.9 Å². The van der Waals surface area contributed by atoms with Gasteiger partial charge in [0.15, 0.2) is 0 Å². The van der Waals surface area contributed by atoms with Gasteiger partial charge in [0.25, 0.3) is 0 Å². The Morgan fingerprint density at radius 1 is 0.750 bits per heavy atom. The summed E-state index contributed by atoms with van der Waals surface area (Å²) in [5.74, 6) is 5.08. The SMILES string of the molecule is CCC[C@H]1CC[C@H]([C@H]2CC[C@H](CCOc3ccccc3)CC2)CC1. The number of hydrogen-bond donors (Lipinski definition) is 0. The van der Waals surface area contributed by atoms with Crippen molar-refractivity contribution in [2.75, 3.05) is 6.61 Å². The molecule has 0 radical (unpaired) electrons. The highest BCUT2D eigenvalue weighted by atomic mass is 16.5. The smallest absolute Gasteiger partial charge is 0.119 e. The molecule has 1 heteroatoms. The van der Waals surface area contributed by atoms with E-state index in [-0.39, 0.29) is 0 Å². The molecule has 24 heavy (non-hydrogen) atoms. The zero-order valence-electron chi connectivity index (χ0n) is 15.6. The molecule has 134 valence electrons. The molecule has 0 saturated heterocycles. The zero-order valence-corrected chi connectivity index (χ0v) is 15.6. The third kappa shape index (κ3) is 5.26. The highest BCUT2D eigenvalue weighted by Crippen LogP contribution is 2.42. The van der Waals surface area contributed by atoms with Crippen molar-refractivity contribution in [3.05, 3.63) is 30.3 Å². The van der Waals surface area contributed by atoms with E-state index < -0.39 is 0 Å². The first-order valence-corrected chi connectivity index (χ1v) is 10.5. The molecule has 1 aromatic rings. The normalized spacial score (nSPS) is 30.9. The highest BCUT2D eigenvalue weighted by molar-refractivity contribution is 5.20. The standard InChI is InChI=1S/C23H36O/c1-2-6-19-9-13-21(14-10-19)22-15-11-20(12-16-22)17-18-24-23-7-4-3-5-8-23/h3-5,7-8,19-22H,2,6,9-18H2,1H3/t19-,20-,21-,22-. The molecule has 2 aliphatic rings. The van der Waals surface area contributed by atoms with Gasteiger partial charge in [-0.15, -0.1) is 0 Å². The van der Waals surface area contributed by atoms with Crippen molar-refractivity contribution >= 4 is 0 Å². The molecule has 1 aromatic carbocycles. The molecule has 0 heterocycles. The van der Waals surface area contributed by atoms with E-state index in [0.717, 1.165) is 36.0 Å². The summed E-state index contributed by atoms with van der Waals surface area (Å²) in [4.78, 5) is 0. The van der Waals surface area contributed by atoms with Crippen LogP contribution in [0, 0.1) is 23.7 Å². The van der Waals surface area contributed by atoms with Crippen LogP contribution in [0.2, 0.25) is 0 Å². The van der Waals surface area contributed by atoms with Crippen LogP contribution in [0.1, 0.15) is 77.6 Å². The number of benzene rings is 1. The monoisotopic (exact) mass is 328 g/mol. The van der Waals surface area contributed by atoms with E-state index in [1.54, 1.807) is 0 Å². The quantitative estimate of drug-likeness (QED) is 0.530. The molecule has 0 aromatic heterocycles. The third-order valence-corrected chi connectivity index (χ3v) is 6.68. The third-order valence-electron chi connectivity index (χ3n) is 6.68. The maximum atomic E-state index is 5.89. The van der Waals surface area contributed by atoms with E-state index in [4.69, 9.17) is 4.74 Å². The van der Waals surface area contributed by atoms with Gasteiger partial charge < -0.3 is 4.74 Å². The van der Waals surface area contributed by atoms with Gasteiger partial charge in [0, 0.05) is 0 Å². The van der Waals surface area contributed by atoms with Crippen LogP contribution in [0.4, 0.5) is 0 Å². The Kier molecular flexibility index (Phi) is 7.05. The summed E-state index contributed by atoms with van der Waals surface area (Å²) >= 11 is 0. The molecule has 1 nitrogen and oxygen atoms in total. The summed E-state index contributed by atoms with van der Waals surface area (Å²) < 4.78 is 5.89. The first-order chi connectivity index (χ1) is 11.8. The first-order valence-electron chi connectivity index (χ1n) is 10.5. The van der Waals surface area contributed by atoms with Gasteiger partial charge in [0.2, 0.25) is 0 Å². The minimum atomic E-state index is 0.890. The maximum Gasteiger partial charge on any atom is 0.119 e. The zero-order chi connectivity index (χ0) is 16.6. The van der Waals surface area contributed by atoms with Crippen LogP contribution in [-0.4, -0.2) is 6.61 Å². The first kappa shape index (κ1) is 17.8. The molecule has 0 unspecified atom stereocenters. The largest absolute Gasteiger partial charge is 0.494 e. The van der Waals surface area contributed by atoms with Gasteiger partial charge in [0.1, 0.15) is 5.75 Å². The van der Waals surface area contributed by atoms with Gasteiger partial charge in [-0.25, -0.2) is 0 Å². The van der Waals surface area contributed by atoms with Crippen molar-refractivity contribution in [3.8, 4) is 5.75 Å². The molecule has 2 aliphatic carbocycles.